The summed E-state index contributed by atoms with van der Waals surface area (Å²) in [4.78, 5) is 17.9. The van der Waals surface area contributed by atoms with Crippen molar-refractivity contribution in [3.8, 4) is 22.5 Å². The number of hydrogen-bond donors (Lipinski definition) is 1. The highest BCUT2D eigenvalue weighted by atomic mass is 32.1. The lowest BCUT2D eigenvalue weighted by atomic mass is 9.98. The Bertz CT molecular complexity index is 1540. The van der Waals surface area contributed by atoms with Crippen LogP contribution in [-0.4, -0.2) is 42.5 Å². The number of benzene rings is 1. The Balaban J connectivity index is 1.28. The summed E-state index contributed by atoms with van der Waals surface area (Å²) in [6, 6.07) is 9.08. The Morgan fingerprint density at radius 2 is 1.94 bits per heavy atom. The van der Waals surface area contributed by atoms with Crippen molar-refractivity contribution in [3.05, 3.63) is 49.1 Å². The van der Waals surface area contributed by atoms with E-state index >= 15 is 0 Å². The molecule has 2 unspecified atom stereocenters. The zero-order valence-electron chi connectivity index (χ0n) is 18.3. The molecule has 0 aliphatic carbocycles. The summed E-state index contributed by atoms with van der Waals surface area (Å²) in [6.07, 6.45) is 12.7. The maximum atomic E-state index is 11.4. The van der Waals surface area contributed by atoms with Gasteiger partial charge in [-0.3, -0.25) is 9.48 Å². The lowest BCUT2D eigenvalue weighted by Crippen LogP contribution is -2.42. The number of nitrogens with two attached hydrogens (primary N) is 1. The van der Waals surface area contributed by atoms with Crippen LogP contribution in [0.15, 0.2) is 53.5 Å². The molecule has 2 aliphatic rings. The first-order chi connectivity index (χ1) is 16.7. The van der Waals surface area contributed by atoms with Gasteiger partial charge in [0, 0.05) is 58.1 Å². The van der Waals surface area contributed by atoms with Crippen molar-refractivity contribution in [1.29, 1.82) is 0 Å². The van der Waals surface area contributed by atoms with E-state index in [0.29, 0.717) is 29.5 Å². The van der Waals surface area contributed by atoms with Crippen molar-refractivity contribution in [2.75, 3.05) is 5.73 Å². The predicted octanol–water partition coefficient (Wildman–Crippen LogP) is 4.87. The Morgan fingerprint density at radius 1 is 1.09 bits per heavy atom. The van der Waals surface area contributed by atoms with E-state index in [0.717, 1.165) is 70.0 Å². The Kier molecular flexibility index (Phi) is 4.29. The molecule has 170 valence electrons. The van der Waals surface area contributed by atoms with Crippen LogP contribution in [0.3, 0.4) is 0 Å². The third-order valence-electron chi connectivity index (χ3n) is 7.41. The van der Waals surface area contributed by atoms with E-state index in [2.05, 4.69) is 20.2 Å². The minimum absolute atomic E-state index is 0.295. The van der Waals surface area contributed by atoms with Crippen LogP contribution in [-0.2, 0) is 4.79 Å². The topological polar surface area (TPSA) is 103 Å². The first kappa shape index (κ1) is 19.7. The van der Waals surface area contributed by atoms with E-state index in [4.69, 9.17) is 15.2 Å². The SMILES string of the molecule is Nc1ncc(-c2cnn(C3CC4CCC(C3)N4C=O)c2)c2cc(-c3cccc4cnsc34)oc12. The van der Waals surface area contributed by atoms with E-state index in [1.807, 2.05) is 41.6 Å². The molecule has 2 bridgehead atoms. The number of anilines is 1. The van der Waals surface area contributed by atoms with Gasteiger partial charge in [0.15, 0.2) is 11.4 Å². The van der Waals surface area contributed by atoms with Crippen molar-refractivity contribution < 1.29 is 9.21 Å². The number of hydrogen-bond acceptors (Lipinski definition) is 7. The summed E-state index contributed by atoms with van der Waals surface area (Å²) in [5.74, 6) is 1.11. The van der Waals surface area contributed by atoms with Gasteiger partial charge >= 0.3 is 0 Å². The second-order valence-corrected chi connectivity index (χ2v) is 10.0. The predicted molar refractivity (Wildman–Crippen MR) is 131 cm³/mol. The van der Waals surface area contributed by atoms with Crippen molar-refractivity contribution >= 4 is 44.8 Å². The van der Waals surface area contributed by atoms with E-state index in [-0.39, 0.29) is 0 Å². The standard InChI is InChI=1S/C25H22N6O2S/c26-25-23-20(8-22(33-23)19-3-1-2-14-10-29-34-24(14)19)21(11-27-25)15-9-28-31(12-15)18-6-16-4-5-17(7-18)30(16)13-32/h1-3,8-13,16-18H,4-7H2,(H2,26,27). The molecular weight excluding hydrogens is 448 g/mol. The zero-order valence-corrected chi connectivity index (χ0v) is 19.1. The van der Waals surface area contributed by atoms with Gasteiger partial charge in [0.1, 0.15) is 5.76 Å². The highest BCUT2D eigenvalue weighted by Crippen LogP contribution is 2.42. The number of furan rings is 1. The molecule has 1 aromatic carbocycles. The molecule has 2 N–H and O–H groups in total. The molecule has 2 aliphatic heterocycles. The number of piperidine rings is 1. The maximum absolute atomic E-state index is 11.4. The average molecular weight is 471 g/mol. The lowest BCUT2D eigenvalue weighted by Gasteiger charge is -2.36. The second-order valence-electron chi connectivity index (χ2n) is 9.23. The van der Waals surface area contributed by atoms with Gasteiger partial charge in [-0.2, -0.15) is 9.47 Å². The van der Waals surface area contributed by atoms with Gasteiger partial charge in [-0.05, 0) is 49.3 Å². The van der Waals surface area contributed by atoms with Gasteiger partial charge in [-0.15, -0.1) is 0 Å². The van der Waals surface area contributed by atoms with Crippen LogP contribution < -0.4 is 5.73 Å². The molecule has 2 atom stereocenters. The highest BCUT2D eigenvalue weighted by Gasteiger charge is 2.40. The lowest BCUT2D eigenvalue weighted by molar-refractivity contribution is -0.122. The fourth-order valence-electron chi connectivity index (χ4n) is 5.74. The third-order valence-corrected chi connectivity index (χ3v) is 8.26. The summed E-state index contributed by atoms with van der Waals surface area (Å²) in [6.45, 7) is 0. The molecular formula is C25H22N6O2S. The minimum Gasteiger partial charge on any atom is -0.452 e. The summed E-state index contributed by atoms with van der Waals surface area (Å²) >= 11 is 1.45. The first-order valence-corrected chi connectivity index (χ1v) is 12.3. The number of pyridine rings is 1. The van der Waals surface area contributed by atoms with Crippen LogP contribution >= 0.6 is 11.5 Å². The molecule has 4 aromatic heterocycles. The molecule has 0 saturated carbocycles. The van der Waals surface area contributed by atoms with Crippen LogP contribution in [0.1, 0.15) is 31.7 Å². The van der Waals surface area contributed by atoms with Crippen molar-refractivity contribution in [2.24, 2.45) is 0 Å². The van der Waals surface area contributed by atoms with Crippen LogP contribution in [0, 0.1) is 0 Å². The van der Waals surface area contributed by atoms with Gasteiger partial charge in [-0.1, -0.05) is 12.1 Å². The smallest absolute Gasteiger partial charge is 0.210 e. The van der Waals surface area contributed by atoms with Crippen molar-refractivity contribution in [2.45, 2.75) is 43.8 Å². The molecule has 2 fully saturated rings. The Labute approximate surface area is 199 Å². The zero-order chi connectivity index (χ0) is 22.8. The molecule has 6 heterocycles. The Hall–Kier alpha value is -3.72. The molecule has 8 nitrogen and oxygen atoms in total. The van der Waals surface area contributed by atoms with Crippen LogP contribution in [0.2, 0.25) is 0 Å². The number of nitrogen functional groups attached to an aromatic ring is 1. The summed E-state index contributed by atoms with van der Waals surface area (Å²) in [5.41, 5.74) is 9.70. The van der Waals surface area contributed by atoms with Gasteiger partial charge in [0.2, 0.25) is 6.41 Å². The number of fused-ring (bicyclic) bond motifs is 4. The number of aromatic nitrogens is 4. The number of amides is 1. The first-order valence-electron chi connectivity index (χ1n) is 11.5. The van der Waals surface area contributed by atoms with Crippen molar-refractivity contribution in [1.82, 2.24) is 24.0 Å². The Morgan fingerprint density at radius 3 is 2.76 bits per heavy atom. The number of rotatable bonds is 4. The fraction of sp³-hybridized carbons (Fsp3) is 0.280. The van der Waals surface area contributed by atoms with Gasteiger partial charge in [0.05, 0.1) is 16.9 Å². The highest BCUT2D eigenvalue weighted by molar-refractivity contribution is 7.13. The minimum atomic E-state index is 0.295. The number of nitrogens with zero attached hydrogens (tertiary/aromatic N) is 5. The molecule has 2 saturated heterocycles. The normalized spacial score (nSPS) is 22.1. The molecule has 34 heavy (non-hydrogen) atoms. The van der Waals surface area contributed by atoms with Gasteiger partial charge < -0.3 is 15.1 Å². The number of carbonyl (C=O) groups is 1. The molecule has 7 rings (SSSR count). The molecule has 5 aromatic rings. The number of carbonyl (C=O) groups excluding carboxylic acids is 1. The molecule has 0 spiro atoms. The van der Waals surface area contributed by atoms with E-state index < -0.39 is 0 Å². The van der Waals surface area contributed by atoms with E-state index in [1.165, 1.54) is 11.5 Å². The molecule has 0 radical (unpaired) electrons. The third kappa shape index (κ3) is 2.89. The van der Waals surface area contributed by atoms with Crippen LogP contribution in [0.25, 0.3) is 43.5 Å². The summed E-state index contributed by atoms with van der Waals surface area (Å²) in [5, 5.41) is 6.71. The monoisotopic (exact) mass is 470 g/mol. The summed E-state index contributed by atoms with van der Waals surface area (Å²) in [7, 11) is 0. The maximum Gasteiger partial charge on any atom is 0.210 e. The fourth-order valence-corrected chi connectivity index (χ4v) is 6.51. The molecule has 9 heteroatoms. The quantitative estimate of drug-likeness (QED) is 0.376. The van der Waals surface area contributed by atoms with Crippen LogP contribution in [0.5, 0.6) is 0 Å². The van der Waals surface area contributed by atoms with E-state index in [9.17, 15) is 4.79 Å². The van der Waals surface area contributed by atoms with Gasteiger partial charge in [0.25, 0.3) is 0 Å². The average Bonchev–Trinajstić information content (AvgIpc) is 3.64. The van der Waals surface area contributed by atoms with Gasteiger partial charge in [-0.25, -0.2) is 4.98 Å². The molecule has 1 amide bonds. The second kappa shape index (κ2) is 7.39. The van der Waals surface area contributed by atoms with Crippen molar-refractivity contribution in [3.63, 3.8) is 0 Å². The van der Waals surface area contributed by atoms with E-state index in [1.54, 1.807) is 6.20 Å². The van der Waals surface area contributed by atoms with Crippen LogP contribution in [0.4, 0.5) is 5.82 Å². The summed E-state index contributed by atoms with van der Waals surface area (Å²) < 4.78 is 13.7. The largest absolute Gasteiger partial charge is 0.452 e.